The normalized spacial score (nSPS) is 19.6. The van der Waals surface area contributed by atoms with Crippen molar-refractivity contribution in [2.24, 2.45) is 4.99 Å². The van der Waals surface area contributed by atoms with Crippen LogP contribution in [0.5, 0.6) is 0 Å². The van der Waals surface area contributed by atoms with Crippen molar-refractivity contribution >= 4 is 18.2 Å². The number of aliphatic imine (C=N–C) groups is 1. The number of aldehydes is 1. The van der Waals surface area contributed by atoms with Gasteiger partial charge in [0, 0.05) is 6.42 Å². The topological polar surface area (TPSA) is 55.7 Å². The van der Waals surface area contributed by atoms with Gasteiger partial charge in [-0.25, -0.2) is 9.79 Å². The van der Waals surface area contributed by atoms with Gasteiger partial charge in [0.2, 0.25) is 6.04 Å². The van der Waals surface area contributed by atoms with Gasteiger partial charge in [-0.15, -0.1) is 0 Å². The van der Waals surface area contributed by atoms with Crippen molar-refractivity contribution in [2.75, 3.05) is 0 Å². The summed E-state index contributed by atoms with van der Waals surface area (Å²) in [5, 5.41) is 0. The molecule has 1 unspecified atom stereocenters. The standard InChI is InChI=1S/C11H9NO3/c13-7-9-11(14)15-10(12-9)6-8-4-2-1-3-5-8/h1-5,7,9H,6H2. The number of benzene rings is 1. The second-order valence-electron chi connectivity index (χ2n) is 3.19. The minimum Gasteiger partial charge on any atom is -0.410 e. The van der Waals surface area contributed by atoms with Crippen LogP contribution in [0.3, 0.4) is 0 Å². The van der Waals surface area contributed by atoms with Gasteiger partial charge in [-0.2, -0.15) is 0 Å². The van der Waals surface area contributed by atoms with Crippen molar-refractivity contribution in [1.29, 1.82) is 0 Å². The number of carbonyl (C=O) groups is 2. The largest absolute Gasteiger partial charge is 0.410 e. The Morgan fingerprint density at radius 3 is 2.67 bits per heavy atom. The molecule has 0 N–H and O–H groups in total. The van der Waals surface area contributed by atoms with E-state index in [1.807, 2.05) is 30.3 Å². The third-order valence-corrected chi connectivity index (χ3v) is 2.07. The van der Waals surface area contributed by atoms with Gasteiger partial charge in [0.15, 0.2) is 12.2 Å². The molecule has 4 heteroatoms. The Morgan fingerprint density at radius 1 is 1.33 bits per heavy atom. The van der Waals surface area contributed by atoms with Gasteiger partial charge in [0.1, 0.15) is 0 Å². The zero-order valence-corrected chi connectivity index (χ0v) is 7.92. The van der Waals surface area contributed by atoms with Crippen LogP contribution in [0.25, 0.3) is 0 Å². The number of rotatable bonds is 3. The first-order chi connectivity index (χ1) is 7.29. The molecular weight excluding hydrogens is 194 g/mol. The van der Waals surface area contributed by atoms with E-state index < -0.39 is 12.0 Å². The van der Waals surface area contributed by atoms with Crippen molar-refractivity contribution in [3.63, 3.8) is 0 Å². The van der Waals surface area contributed by atoms with E-state index in [4.69, 9.17) is 4.74 Å². The van der Waals surface area contributed by atoms with E-state index >= 15 is 0 Å². The SMILES string of the molecule is O=CC1N=C(Cc2ccccc2)OC1=O. The van der Waals surface area contributed by atoms with Gasteiger partial charge < -0.3 is 9.53 Å². The van der Waals surface area contributed by atoms with Gasteiger partial charge in [-0.3, -0.25) is 0 Å². The summed E-state index contributed by atoms with van der Waals surface area (Å²) in [6.45, 7) is 0. The average Bonchev–Trinajstić information content (AvgIpc) is 2.60. The molecule has 1 aliphatic heterocycles. The first kappa shape index (κ1) is 9.58. The van der Waals surface area contributed by atoms with Crippen LogP contribution in [0.2, 0.25) is 0 Å². The molecule has 0 fully saturated rings. The number of esters is 1. The quantitative estimate of drug-likeness (QED) is 0.414. The van der Waals surface area contributed by atoms with Crippen LogP contribution in [-0.4, -0.2) is 24.2 Å². The lowest BCUT2D eigenvalue weighted by Crippen LogP contribution is -2.16. The number of hydrogen-bond acceptors (Lipinski definition) is 4. The van der Waals surface area contributed by atoms with E-state index in [-0.39, 0.29) is 0 Å². The molecule has 0 spiro atoms. The fourth-order valence-electron chi connectivity index (χ4n) is 1.35. The molecule has 2 rings (SSSR count). The van der Waals surface area contributed by atoms with Crippen LogP contribution in [0, 0.1) is 0 Å². The maximum Gasteiger partial charge on any atom is 0.344 e. The molecule has 1 atom stereocenters. The smallest absolute Gasteiger partial charge is 0.344 e. The second-order valence-corrected chi connectivity index (χ2v) is 3.19. The van der Waals surface area contributed by atoms with Crippen molar-refractivity contribution in [3.05, 3.63) is 35.9 Å². The summed E-state index contributed by atoms with van der Waals surface area (Å²) >= 11 is 0. The zero-order chi connectivity index (χ0) is 10.7. The highest BCUT2D eigenvalue weighted by Gasteiger charge is 2.28. The Labute approximate surface area is 86.6 Å². The van der Waals surface area contributed by atoms with Gasteiger partial charge >= 0.3 is 5.97 Å². The van der Waals surface area contributed by atoms with E-state index in [9.17, 15) is 9.59 Å². The van der Waals surface area contributed by atoms with E-state index in [1.165, 1.54) is 0 Å². The van der Waals surface area contributed by atoms with E-state index in [0.29, 0.717) is 18.6 Å². The summed E-state index contributed by atoms with van der Waals surface area (Å²) in [6, 6.07) is 8.53. The summed E-state index contributed by atoms with van der Waals surface area (Å²) in [5.41, 5.74) is 0.996. The molecule has 76 valence electrons. The number of cyclic esters (lactones) is 1. The Balaban J connectivity index is 2.09. The number of nitrogens with zero attached hydrogens (tertiary/aromatic N) is 1. The molecule has 0 amide bonds. The van der Waals surface area contributed by atoms with E-state index in [0.717, 1.165) is 5.56 Å². The minimum atomic E-state index is -0.969. The highest BCUT2D eigenvalue weighted by molar-refractivity contribution is 6.05. The Morgan fingerprint density at radius 2 is 2.07 bits per heavy atom. The summed E-state index contributed by atoms with van der Waals surface area (Å²) < 4.78 is 4.85. The van der Waals surface area contributed by atoms with Crippen LogP contribution < -0.4 is 0 Å². The molecule has 0 bridgehead atoms. The summed E-state index contributed by atoms with van der Waals surface area (Å²) in [7, 11) is 0. The van der Waals surface area contributed by atoms with E-state index in [2.05, 4.69) is 4.99 Å². The summed E-state index contributed by atoms with van der Waals surface area (Å²) in [6.07, 6.45) is 0.928. The molecule has 1 aromatic carbocycles. The molecule has 4 nitrogen and oxygen atoms in total. The maximum atomic E-state index is 11.0. The Bertz CT molecular complexity index is 411. The van der Waals surface area contributed by atoms with Crippen molar-refractivity contribution in [3.8, 4) is 0 Å². The van der Waals surface area contributed by atoms with Gasteiger partial charge in [-0.1, -0.05) is 30.3 Å². The van der Waals surface area contributed by atoms with Gasteiger partial charge in [0.05, 0.1) is 0 Å². The lowest BCUT2D eigenvalue weighted by atomic mass is 10.1. The lowest BCUT2D eigenvalue weighted by molar-refractivity contribution is -0.136. The molecular formula is C11H9NO3. The first-order valence-corrected chi connectivity index (χ1v) is 4.57. The number of hydrogen-bond donors (Lipinski definition) is 0. The molecule has 1 heterocycles. The second kappa shape index (κ2) is 4.04. The number of ether oxygens (including phenoxy) is 1. The highest BCUT2D eigenvalue weighted by atomic mass is 16.6. The predicted molar refractivity (Wildman–Crippen MR) is 53.5 cm³/mol. The number of carbonyl (C=O) groups excluding carboxylic acids is 2. The lowest BCUT2D eigenvalue weighted by Gasteiger charge is -1.99. The van der Waals surface area contributed by atoms with Crippen LogP contribution >= 0.6 is 0 Å². The maximum absolute atomic E-state index is 11.0. The third-order valence-electron chi connectivity index (χ3n) is 2.07. The van der Waals surface area contributed by atoms with E-state index in [1.54, 1.807) is 0 Å². The minimum absolute atomic E-state index is 0.309. The predicted octanol–water partition coefficient (Wildman–Crippen LogP) is 0.752. The van der Waals surface area contributed by atoms with Crippen molar-refractivity contribution in [2.45, 2.75) is 12.5 Å². The monoisotopic (exact) mass is 203 g/mol. The fourth-order valence-corrected chi connectivity index (χ4v) is 1.35. The average molecular weight is 203 g/mol. The molecule has 1 aromatic rings. The first-order valence-electron chi connectivity index (χ1n) is 4.57. The Kier molecular flexibility index (Phi) is 2.58. The highest BCUT2D eigenvalue weighted by Crippen LogP contribution is 2.09. The van der Waals surface area contributed by atoms with Crippen molar-refractivity contribution in [1.82, 2.24) is 0 Å². The fraction of sp³-hybridized carbons (Fsp3) is 0.182. The Hall–Kier alpha value is -1.97. The molecule has 0 saturated heterocycles. The molecule has 0 radical (unpaired) electrons. The molecule has 0 aliphatic carbocycles. The molecule has 0 saturated carbocycles. The van der Waals surface area contributed by atoms with Gasteiger partial charge in [-0.05, 0) is 5.56 Å². The van der Waals surface area contributed by atoms with Crippen LogP contribution in [0.4, 0.5) is 0 Å². The third kappa shape index (κ3) is 2.10. The van der Waals surface area contributed by atoms with Crippen LogP contribution in [-0.2, 0) is 20.7 Å². The van der Waals surface area contributed by atoms with Crippen LogP contribution in [0.15, 0.2) is 35.3 Å². The van der Waals surface area contributed by atoms with Gasteiger partial charge in [0.25, 0.3) is 0 Å². The summed E-state index contributed by atoms with van der Waals surface area (Å²) in [4.78, 5) is 25.3. The van der Waals surface area contributed by atoms with Crippen molar-refractivity contribution < 1.29 is 14.3 Å². The zero-order valence-electron chi connectivity index (χ0n) is 7.92. The molecule has 15 heavy (non-hydrogen) atoms. The molecule has 0 aromatic heterocycles. The van der Waals surface area contributed by atoms with Crippen LogP contribution in [0.1, 0.15) is 5.56 Å². The summed E-state index contributed by atoms with van der Waals surface area (Å²) in [5.74, 6) is -0.278. The molecule has 1 aliphatic rings.